The van der Waals surface area contributed by atoms with Crippen LogP contribution in [0.4, 0.5) is 13.2 Å². The van der Waals surface area contributed by atoms with E-state index in [9.17, 15) is 13.2 Å². The van der Waals surface area contributed by atoms with Gasteiger partial charge in [0.15, 0.2) is 0 Å². The topological polar surface area (TPSA) is 26.0 Å². The zero-order valence-electron chi connectivity index (χ0n) is 9.80. The molecule has 0 amide bonds. The van der Waals surface area contributed by atoms with Gasteiger partial charge in [-0.2, -0.15) is 13.2 Å². The van der Waals surface area contributed by atoms with Crippen LogP contribution >= 0.6 is 11.6 Å². The Morgan fingerprint density at radius 1 is 1.22 bits per heavy atom. The van der Waals surface area contributed by atoms with Gasteiger partial charge in [-0.15, -0.1) is 0 Å². The number of alkyl halides is 3. The Labute approximate surface area is 109 Å². The molecule has 0 bridgehead atoms. The van der Waals surface area contributed by atoms with Crippen LogP contribution in [0, 0.1) is 5.92 Å². The molecule has 18 heavy (non-hydrogen) atoms. The summed E-state index contributed by atoms with van der Waals surface area (Å²) in [7, 11) is 0. The Hall–Kier alpha value is -0.740. The lowest BCUT2D eigenvalue weighted by atomic mass is 9.91. The fraction of sp³-hybridized carbons (Fsp3) is 0.538. The minimum absolute atomic E-state index is 0.273. The van der Waals surface area contributed by atoms with Crippen molar-refractivity contribution in [3.8, 4) is 0 Å². The summed E-state index contributed by atoms with van der Waals surface area (Å²) < 4.78 is 38.2. The molecule has 100 valence electrons. The van der Waals surface area contributed by atoms with Crippen molar-refractivity contribution < 1.29 is 13.2 Å². The first-order valence-electron chi connectivity index (χ1n) is 6.02. The highest BCUT2D eigenvalue weighted by molar-refractivity contribution is 6.31. The van der Waals surface area contributed by atoms with Crippen LogP contribution in [0.3, 0.4) is 0 Å². The van der Waals surface area contributed by atoms with Crippen molar-refractivity contribution in [2.75, 3.05) is 0 Å². The van der Waals surface area contributed by atoms with Crippen LogP contribution in [0.15, 0.2) is 18.2 Å². The number of hydrogen-bond donors (Lipinski definition) is 1. The molecule has 0 unspecified atom stereocenters. The molecular weight excluding hydrogens is 263 g/mol. The lowest BCUT2D eigenvalue weighted by Crippen LogP contribution is -2.20. The first-order chi connectivity index (χ1) is 8.39. The van der Waals surface area contributed by atoms with Gasteiger partial charge in [-0.25, -0.2) is 0 Å². The minimum atomic E-state index is -4.43. The van der Waals surface area contributed by atoms with Crippen molar-refractivity contribution in [1.29, 1.82) is 0 Å². The summed E-state index contributed by atoms with van der Waals surface area (Å²) in [6.07, 6.45) is -0.227. The maximum atomic E-state index is 12.7. The van der Waals surface area contributed by atoms with Crippen molar-refractivity contribution in [2.24, 2.45) is 11.7 Å². The molecule has 0 spiro atoms. The average molecular weight is 278 g/mol. The van der Waals surface area contributed by atoms with E-state index in [4.69, 9.17) is 17.3 Å². The molecule has 1 aliphatic carbocycles. The molecule has 2 N–H and O–H groups in total. The van der Waals surface area contributed by atoms with Gasteiger partial charge >= 0.3 is 6.18 Å². The molecule has 1 aliphatic rings. The summed E-state index contributed by atoms with van der Waals surface area (Å²) in [4.78, 5) is 0. The molecule has 1 aromatic carbocycles. The van der Waals surface area contributed by atoms with Crippen molar-refractivity contribution in [3.05, 3.63) is 34.3 Å². The summed E-state index contributed by atoms with van der Waals surface area (Å²) in [5.74, 6) is 0.284. The van der Waals surface area contributed by atoms with Gasteiger partial charge in [0.2, 0.25) is 0 Å². The Morgan fingerprint density at radius 3 is 2.39 bits per heavy atom. The van der Waals surface area contributed by atoms with Crippen LogP contribution in [-0.2, 0) is 6.18 Å². The third-order valence-electron chi connectivity index (χ3n) is 3.59. The molecule has 2 rings (SSSR count). The molecule has 1 aromatic rings. The van der Waals surface area contributed by atoms with E-state index < -0.39 is 11.7 Å². The standard InChI is InChI=1S/C13H15ClF3N/c14-11-6-5-9(7-10(11)13(15,16)17)12(18)8-3-1-2-4-8/h5-8,12H,1-4,18H2/t12-/m0/s1. The van der Waals surface area contributed by atoms with Crippen LogP contribution in [0.2, 0.25) is 5.02 Å². The first kappa shape index (κ1) is 13.7. The van der Waals surface area contributed by atoms with Crippen LogP contribution in [0.25, 0.3) is 0 Å². The molecule has 1 fully saturated rings. The molecule has 1 saturated carbocycles. The Balaban J connectivity index is 2.28. The fourth-order valence-electron chi connectivity index (χ4n) is 2.56. The number of nitrogens with two attached hydrogens (primary N) is 1. The highest BCUT2D eigenvalue weighted by atomic mass is 35.5. The lowest BCUT2D eigenvalue weighted by Gasteiger charge is -2.20. The van der Waals surface area contributed by atoms with Gasteiger partial charge in [-0.3, -0.25) is 0 Å². The van der Waals surface area contributed by atoms with E-state index in [1.807, 2.05) is 0 Å². The molecule has 0 aliphatic heterocycles. The smallest absolute Gasteiger partial charge is 0.324 e. The van der Waals surface area contributed by atoms with Gasteiger partial charge in [0.1, 0.15) is 0 Å². The normalized spacial score (nSPS) is 19.2. The van der Waals surface area contributed by atoms with E-state index >= 15 is 0 Å². The summed E-state index contributed by atoms with van der Waals surface area (Å²) in [6, 6.07) is 3.64. The molecule has 0 aromatic heterocycles. The van der Waals surface area contributed by atoms with Gasteiger partial charge in [-0.05, 0) is 36.5 Å². The molecule has 0 saturated heterocycles. The van der Waals surface area contributed by atoms with E-state index in [0.717, 1.165) is 31.7 Å². The fourth-order valence-corrected chi connectivity index (χ4v) is 2.78. The maximum Gasteiger partial charge on any atom is 0.417 e. The largest absolute Gasteiger partial charge is 0.417 e. The van der Waals surface area contributed by atoms with E-state index in [1.165, 1.54) is 6.07 Å². The second kappa shape index (κ2) is 5.10. The Morgan fingerprint density at radius 2 is 1.83 bits per heavy atom. The van der Waals surface area contributed by atoms with E-state index in [2.05, 4.69) is 0 Å². The van der Waals surface area contributed by atoms with Crippen molar-refractivity contribution in [3.63, 3.8) is 0 Å². The summed E-state index contributed by atoms with van der Waals surface area (Å²) >= 11 is 5.58. The lowest BCUT2D eigenvalue weighted by molar-refractivity contribution is -0.137. The van der Waals surface area contributed by atoms with Gasteiger partial charge in [0.05, 0.1) is 10.6 Å². The quantitative estimate of drug-likeness (QED) is 0.843. The van der Waals surface area contributed by atoms with Crippen LogP contribution < -0.4 is 5.73 Å². The first-order valence-corrected chi connectivity index (χ1v) is 6.39. The van der Waals surface area contributed by atoms with Crippen LogP contribution in [0.1, 0.15) is 42.9 Å². The van der Waals surface area contributed by atoms with E-state index in [1.54, 1.807) is 6.07 Å². The predicted molar refractivity (Wildman–Crippen MR) is 65.3 cm³/mol. The highest BCUT2D eigenvalue weighted by Crippen LogP contribution is 2.39. The summed E-state index contributed by atoms with van der Waals surface area (Å²) in [5.41, 5.74) is 5.78. The number of halogens is 4. The van der Waals surface area contributed by atoms with Crippen molar-refractivity contribution in [1.82, 2.24) is 0 Å². The number of rotatable bonds is 2. The molecule has 5 heteroatoms. The zero-order valence-corrected chi connectivity index (χ0v) is 10.6. The van der Waals surface area contributed by atoms with Gasteiger partial charge in [0.25, 0.3) is 0 Å². The highest BCUT2D eigenvalue weighted by Gasteiger charge is 2.34. The van der Waals surface area contributed by atoms with E-state index in [0.29, 0.717) is 5.56 Å². The number of hydrogen-bond acceptors (Lipinski definition) is 1. The Bertz CT molecular complexity index is 425. The second-order valence-corrected chi connectivity index (χ2v) is 5.21. The minimum Gasteiger partial charge on any atom is -0.324 e. The van der Waals surface area contributed by atoms with Gasteiger partial charge < -0.3 is 5.73 Å². The molecule has 1 nitrogen and oxygen atoms in total. The van der Waals surface area contributed by atoms with Gasteiger partial charge in [-0.1, -0.05) is 30.5 Å². The maximum absolute atomic E-state index is 12.7. The molecular formula is C13H15ClF3N. The van der Waals surface area contributed by atoms with Crippen molar-refractivity contribution >= 4 is 11.6 Å². The monoisotopic (exact) mass is 277 g/mol. The third-order valence-corrected chi connectivity index (χ3v) is 3.92. The Kier molecular flexibility index (Phi) is 3.87. The second-order valence-electron chi connectivity index (χ2n) is 4.81. The molecule has 1 atom stereocenters. The summed E-state index contributed by atoms with van der Waals surface area (Å²) in [6.45, 7) is 0. The van der Waals surface area contributed by atoms with E-state index in [-0.39, 0.29) is 17.0 Å². The predicted octanol–water partition coefficient (Wildman–Crippen LogP) is 4.55. The van der Waals surface area contributed by atoms with Crippen LogP contribution in [-0.4, -0.2) is 0 Å². The third kappa shape index (κ3) is 2.81. The van der Waals surface area contributed by atoms with Gasteiger partial charge in [0, 0.05) is 6.04 Å². The molecule has 0 heterocycles. The SMILES string of the molecule is N[C@H](c1ccc(Cl)c(C(F)(F)F)c1)C1CCCC1. The van der Waals surface area contributed by atoms with Crippen LogP contribution in [0.5, 0.6) is 0 Å². The molecule has 0 radical (unpaired) electrons. The summed E-state index contributed by atoms with van der Waals surface area (Å²) in [5, 5.41) is -0.273. The number of benzene rings is 1. The zero-order chi connectivity index (χ0) is 13.3. The van der Waals surface area contributed by atoms with Crippen molar-refractivity contribution in [2.45, 2.75) is 37.9 Å². The average Bonchev–Trinajstić information content (AvgIpc) is 2.80.